The molecule has 0 spiro atoms. The monoisotopic (exact) mass is 333 g/mol. The highest BCUT2D eigenvalue weighted by Gasteiger charge is 2.18. The Morgan fingerprint density at radius 3 is 2.55 bits per heavy atom. The number of benzene rings is 2. The third kappa shape index (κ3) is 2.85. The topological polar surface area (TPSA) is 40.5 Å². The minimum atomic E-state index is -0.121. The maximum absolute atomic E-state index is 12.6. The van der Waals surface area contributed by atoms with Crippen LogP contribution in [0.3, 0.4) is 0 Å². The van der Waals surface area contributed by atoms with Crippen molar-refractivity contribution in [3.8, 4) is 5.75 Å². The third-order valence-corrected chi connectivity index (χ3v) is 3.83. The quantitative estimate of drug-likeness (QED) is 0.917. The molecule has 4 heteroatoms. The number of para-hydroxylation sites is 1. The SMILES string of the molecule is CCN(C(=O)c1ccc(Br)c(O)c1)c1ccccc1C. The lowest BCUT2D eigenvalue weighted by Gasteiger charge is -2.23. The second-order valence-electron chi connectivity index (χ2n) is 4.50. The summed E-state index contributed by atoms with van der Waals surface area (Å²) < 4.78 is 0.577. The zero-order valence-electron chi connectivity index (χ0n) is 11.4. The van der Waals surface area contributed by atoms with Crippen molar-refractivity contribution in [2.75, 3.05) is 11.4 Å². The second kappa shape index (κ2) is 6.09. The summed E-state index contributed by atoms with van der Waals surface area (Å²) >= 11 is 3.21. The Kier molecular flexibility index (Phi) is 4.45. The molecule has 0 heterocycles. The number of rotatable bonds is 3. The average molecular weight is 334 g/mol. The Morgan fingerprint density at radius 1 is 1.25 bits per heavy atom. The van der Waals surface area contributed by atoms with Crippen LogP contribution in [0.5, 0.6) is 5.75 Å². The van der Waals surface area contributed by atoms with Crippen LogP contribution in [-0.2, 0) is 0 Å². The van der Waals surface area contributed by atoms with Gasteiger partial charge < -0.3 is 10.0 Å². The number of hydrogen-bond donors (Lipinski definition) is 1. The number of phenolic OH excluding ortho intramolecular Hbond substituents is 1. The maximum Gasteiger partial charge on any atom is 0.258 e. The molecule has 0 radical (unpaired) electrons. The lowest BCUT2D eigenvalue weighted by molar-refractivity contribution is 0.0987. The van der Waals surface area contributed by atoms with Crippen LogP contribution < -0.4 is 4.90 Å². The highest BCUT2D eigenvalue weighted by molar-refractivity contribution is 9.10. The molecular formula is C16H16BrNO2. The van der Waals surface area contributed by atoms with Crippen LogP contribution in [-0.4, -0.2) is 17.6 Å². The van der Waals surface area contributed by atoms with Gasteiger partial charge in [0.1, 0.15) is 5.75 Å². The fourth-order valence-corrected chi connectivity index (χ4v) is 2.34. The van der Waals surface area contributed by atoms with Gasteiger partial charge in [-0.3, -0.25) is 4.79 Å². The van der Waals surface area contributed by atoms with Crippen molar-refractivity contribution in [1.82, 2.24) is 0 Å². The number of carbonyl (C=O) groups is 1. The van der Waals surface area contributed by atoms with Gasteiger partial charge in [-0.2, -0.15) is 0 Å². The van der Waals surface area contributed by atoms with Crippen LogP contribution in [0.4, 0.5) is 5.69 Å². The van der Waals surface area contributed by atoms with Gasteiger partial charge >= 0.3 is 0 Å². The van der Waals surface area contributed by atoms with Gasteiger partial charge in [-0.25, -0.2) is 0 Å². The van der Waals surface area contributed by atoms with E-state index in [1.165, 1.54) is 6.07 Å². The predicted molar refractivity (Wildman–Crippen MR) is 84.3 cm³/mol. The van der Waals surface area contributed by atoms with Gasteiger partial charge in [0, 0.05) is 17.8 Å². The number of hydrogen-bond acceptors (Lipinski definition) is 2. The van der Waals surface area contributed by atoms with Crippen molar-refractivity contribution >= 4 is 27.5 Å². The molecule has 0 aliphatic heterocycles. The minimum Gasteiger partial charge on any atom is -0.507 e. The van der Waals surface area contributed by atoms with Gasteiger partial charge in [-0.15, -0.1) is 0 Å². The normalized spacial score (nSPS) is 10.3. The van der Waals surface area contributed by atoms with Gasteiger partial charge in [-0.05, 0) is 59.6 Å². The number of amides is 1. The van der Waals surface area contributed by atoms with Crippen LogP contribution in [0.15, 0.2) is 46.9 Å². The summed E-state index contributed by atoms with van der Waals surface area (Å²) in [7, 11) is 0. The fraction of sp³-hybridized carbons (Fsp3) is 0.188. The highest BCUT2D eigenvalue weighted by Crippen LogP contribution is 2.27. The van der Waals surface area contributed by atoms with Gasteiger partial charge in [-0.1, -0.05) is 18.2 Å². The van der Waals surface area contributed by atoms with E-state index in [1.807, 2.05) is 38.1 Å². The van der Waals surface area contributed by atoms with Crippen LogP contribution in [0.25, 0.3) is 0 Å². The molecule has 0 unspecified atom stereocenters. The summed E-state index contributed by atoms with van der Waals surface area (Å²) in [5.74, 6) is -0.0544. The average Bonchev–Trinajstić information content (AvgIpc) is 2.44. The molecule has 2 aromatic carbocycles. The summed E-state index contributed by atoms with van der Waals surface area (Å²) in [5.41, 5.74) is 2.40. The number of aromatic hydroxyl groups is 1. The number of phenols is 1. The molecular weight excluding hydrogens is 318 g/mol. The molecule has 0 aliphatic rings. The molecule has 0 saturated carbocycles. The van der Waals surface area contributed by atoms with Gasteiger partial charge in [0.2, 0.25) is 0 Å². The number of anilines is 1. The fourth-order valence-electron chi connectivity index (χ4n) is 2.09. The van der Waals surface area contributed by atoms with Crippen LogP contribution >= 0.6 is 15.9 Å². The smallest absolute Gasteiger partial charge is 0.258 e. The molecule has 0 atom stereocenters. The predicted octanol–water partition coefficient (Wildman–Crippen LogP) is 4.13. The maximum atomic E-state index is 12.6. The van der Waals surface area contributed by atoms with E-state index in [0.29, 0.717) is 16.6 Å². The first-order valence-electron chi connectivity index (χ1n) is 6.40. The molecule has 0 bridgehead atoms. The van der Waals surface area contributed by atoms with Crippen LogP contribution in [0, 0.1) is 6.92 Å². The molecule has 0 saturated heterocycles. The van der Waals surface area contributed by atoms with Crippen LogP contribution in [0.2, 0.25) is 0 Å². The molecule has 0 aromatic heterocycles. The van der Waals surface area contributed by atoms with Gasteiger partial charge in [0.25, 0.3) is 5.91 Å². The van der Waals surface area contributed by atoms with Crippen molar-refractivity contribution in [2.45, 2.75) is 13.8 Å². The van der Waals surface area contributed by atoms with E-state index in [1.54, 1.807) is 17.0 Å². The van der Waals surface area contributed by atoms with Crippen LogP contribution in [0.1, 0.15) is 22.8 Å². The number of aryl methyl sites for hydroxylation is 1. The largest absolute Gasteiger partial charge is 0.507 e. The lowest BCUT2D eigenvalue weighted by Crippen LogP contribution is -2.31. The molecule has 3 nitrogen and oxygen atoms in total. The first kappa shape index (κ1) is 14.6. The first-order chi connectivity index (χ1) is 9.54. The second-order valence-corrected chi connectivity index (χ2v) is 5.36. The van der Waals surface area contributed by atoms with Gasteiger partial charge in [0.05, 0.1) is 4.47 Å². The van der Waals surface area contributed by atoms with E-state index >= 15 is 0 Å². The van der Waals surface area contributed by atoms with Crippen molar-refractivity contribution in [3.63, 3.8) is 0 Å². The number of halogens is 1. The zero-order chi connectivity index (χ0) is 14.7. The van der Waals surface area contributed by atoms with Crippen molar-refractivity contribution < 1.29 is 9.90 Å². The Labute approximate surface area is 127 Å². The highest BCUT2D eigenvalue weighted by atomic mass is 79.9. The summed E-state index contributed by atoms with van der Waals surface area (Å²) in [6, 6.07) is 12.6. The molecule has 2 aromatic rings. The summed E-state index contributed by atoms with van der Waals surface area (Å²) in [6.45, 7) is 4.48. The zero-order valence-corrected chi connectivity index (χ0v) is 13.0. The van der Waals surface area contributed by atoms with Crippen molar-refractivity contribution in [1.29, 1.82) is 0 Å². The number of carbonyl (C=O) groups excluding carboxylic acids is 1. The Hall–Kier alpha value is -1.81. The van der Waals surface area contributed by atoms with Crippen molar-refractivity contribution in [3.05, 3.63) is 58.1 Å². The minimum absolute atomic E-state index is 0.0664. The molecule has 20 heavy (non-hydrogen) atoms. The Bertz CT molecular complexity index is 640. The van der Waals surface area contributed by atoms with E-state index in [4.69, 9.17) is 0 Å². The van der Waals surface area contributed by atoms with E-state index < -0.39 is 0 Å². The van der Waals surface area contributed by atoms with E-state index in [9.17, 15) is 9.90 Å². The molecule has 0 aliphatic carbocycles. The van der Waals surface area contributed by atoms with E-state index in [2.05, 4.69) is 15.9 Å². The molecule has 2 rings (SSSR count). The molecule has 104 valence electrons. The lowest BCUT2D eigenvalue weighted by atomic mass is 10.1. The standard InChI is InChI=1S/C16H16BrNO2/c1-3-18(14-7-5-4-6-11(14)2)16(20)12-8-9-13(17)15(19)10-12/h4-10,19H,3H2,1-2H3. The summed E-state index contributed by atoms with van der Waals surface area (Å²) in [4.78, 5) is 14.3. The third-order valence-electron chi connectivity index (χ3n) is 3.16. The molecule has 1 amide bonds. The summed E-state index contributed by atoms with van der Waals surface area (Å²) in [6.07, 6.45) is 0. The molecule has 1 N–H and O–H groups in total. The van der Waals surface area contributed by atoms with E-state index in [0.717, 1.165) is 11.3 Å². The number of nitrogens with zero attached hydrogens (tertiary/aromatic N) is 1. The van der Waals surface area contributed by atoms with E-state index in [-0.39, 0.29) is 11.7 Å². The first-order valence-corrected chi connectivity index (χ1v) is 7.20. The Balaban J connectivity index is 2.39. The summed E-state index contributed by atoms with van der Waals surface area (Å²) in [5, 5.41) is 9.71. The Morgan fingerprint density at radius 2 is 1.95 bits per heavy atom. The van der Waals surface area contributed by atoms with Crippen molar-refractivity contribution in [2.24, 2.45) is 0 Å². The molecule has 0 fully saturated rings. The van der Waals surface area contributed by atoms with Gasteiger partial charge in [0.15, 0.2) is 0 Å².